The molecule has 2 aromatic rings. The molecule has 0 aliphatic carbocycles. The SMILES string of the molecule is O=C(CSc1ccc2ccccc2c1)NCC1CNCC1O. The molecule has 0 bridgehead atoms. The first-order chi connectivity index (χ1) is 10.7. The molecule has 0 radical (unpaired) electrons. The predicted octanol–water partition coefficient (Wildman–Crippen LogP) is 1.63. The van der Waals surface area contributed by atoms with E-state index in [0.717, 1.165) is 11.4 Å². The van der Waals surface area contributed by atoms with Gasteiger partial charge in [0.05, 0.1) is 11.9 Å². The molecule has 116 valence electrons. The molecule has 3 N–H and O–H groups in total. The van der Waals surface area contributed by atoms with Crippen molar-refractivity contribution in [1.82, 2.24) is 10.6 Å². The fraction of sp³-hybridized carbons (Fsp3) is 0.353. The van der Waals surface area contributed by atoms with Crippen molar-refractivity contribution in [3.8, 4) is 0 Å². The largest absolute Gasteiger partial charge is 0.391 e. The maximum atomic E-state index is 11.9. The quantitative estimate of drug-likeness (QED) is 0.734. The van der Waals surface area contributed by atoms with E-state index in [1.54, 1.807) is 0 Å². The van der Waals surface area contributed by atoms with Gasteiger partial charge < -0.3 is 15.7 Å². The summed E-state index contributed by atoms with van der Waals surface area (Å²) in [4.78, 5) is 13.0. The van der Waals surface area contributed by atoms with E-state index in [1.165, 1.54) is 22.5 Å². The maximum Gasteiger partial charge on any atom is 0.230 e. The molecule has 5 heteroatoms. The molecule has 2 atom stereocenters. The monoisotopic (exact) mass is 316 g/mol. The molecule has 22 heavy (non-hydrogen) atoms. The highest BCUT2D eigenvalue weighted by molar-refractivity contribution is 8.00. The van der Waals surface area contributed by atoms with Gasteiger partial charge in [-0.3, -0.25) is 4.79 Å². The van der Waals surface area contributed by atoms with Crippen molar-refractivity contribution in [2.45, 2.75) is 11.0 Å². The minimum absolute atomic E-state index is 0.0114. The summed E-state index contributed by atoms with van der Waals surface area (Å²) in [6, 6.07) is 14.4. The maximum absolute atomic E-state index is 11.9. The lowest BCUT2D eigenvalue weighted by Crippen LogP contribution is -2.35. The first kappa shape index (κ1) is 15.3. The summed E-state index contributed by atoms with van der Waals surface area (Å²) in [7, 11) is 0. The fourth-order valence-electron chi connectivity index (χ4n) is 2.63. The zero-order valence-electron chi connectivity index (χ0n) is 12.3. The molecule has 2 aromatic carbocycles. The zero-order valence-corrected chi connectivity index (χ0v) is 13.1. The summed E-state index contributed by atoms with van der Waals surface area (Å²) in [5.74, 6) is 0.529. The van der Waals surface area contributed by atoms with E-state index >= 15 is 0 Å². The minimum Gasteiger partial charge on any atom is -0.391 e. The van der Waals surface area contributed by atoms with Crippen molar-refractivity contribution in [2.75, 3.05) is 25.4 Å². The van der Waals surface area contributed by atoms with Gasteiger partial charge in [0.1, 0.15) is 0 Å². The Bertz CT molecular complexity index is 662. The van der Waals surface area contributed by atoms with Gasteiger partial charge in [-0.1, -0.05) is 30.3 Å². The summed E-state index contributed by atoms with van der Waals surface area (Å²) in [5.41, 5.74) is 0. The molecule has 1 heterocycles. The van der Waals surface area contributed by atoms with E-state index in [1.807, 2.05) is 18.2 Å². The van der Waals surface area contributed by atoms with Crippen LogP contribution in [0.5, 0.6) is 0 Å². The van der Waals surface area contributed by atoms with E-state index in [2.05, 4.69) is 34.9 Å². The number of aliphatic hydroxyl groups is 1. The molecule has 2 unspecified atom stereocenters. The van der Waals surface area contributed by atoms with Gasteiger partial charge in [-0.15, -0.1) is 11.8 Å². The van der Waals surface area contributed by atoms with Crippen LogP contribution in [0.2, 0.25) is 0 Å². The summed E-state index contributed by atoms with van der Waals surface area (Å²) in [6.45, 7) is 1.91. The van der Waals surface area contributed by atoms with Crippen LogP contribution in [0.25, 0.3) is 10.8 Å². The lowest BCUT2D eigenvalue weighted by atomic mass is 10.1. The Kier molecular flexibility index (Phi) is 4.97. The van der Waals surface area contributed by atoms with Crippen LogP contribution >= 0.6 is 11.8 Å². The molecule has 3 rings (SSSR count). The highest BCUT2D eigenvalue weighted by Crippen LogP contribution is 2.23. The number of carbonyl (C=O) groups is 1. The highest BCUT2D eigenvalue weighted by atomic mass is 32.2. The average Bonchev–Trinajstić information content (AvgIpc) is 2.96. The molecule has 0 aromatic heterocycles. The Labute approximate surface area is 134 Å². The number of rotatable bonds is 5. The first-order valence-electron chi connectivity index (χ1n) is 7.49. The number of carbonyl (C=O) groups excluding carboxylic acids is 1. The van der Waals surface area contributed by atoms with Gasteiger partial charge in [0.2, 0.25) is 5.91 Å². The lowest BCUT2D eigenvalue weighted by molar-refractivity contribution is -0.118. The second-order valence-corrected chi connectivity index (χ2v) is 6.64. The molecule has 4 nitrogen and oxygen atoms in total. The number of hydrogen-bond donors (Lipinski definition) is 3. The number of hydrogen-bond acceptors (Lipinski definition) is 4. The Hall–Kier alpha value is -1.56. The second kappa shape index (κ2) is 7.13. The third-order valence-corrected chi connectivity index (χ3v) is 4.95. The highest BCUT2D eigenvalue weighted by Gasteiger charge is 2.24. The van der Waals surface area contributed by atoms with E-state index in [9.17, 15) is 9.90 Å². The van der Waals surface area contributed by atoms with Crippen LogP contribution in [0.15, 0.2) is 47.4 Å². The van der Waals surface area contributed by atoms with Crippen molar-refractivity contribution < 1.29 is 9.90 Å². The van der Waals surface area contributed by atoms with Crippen LogP contribution in [0.1, 0.15) is 0 Å². The smallest absolute Gasteiger partial charge is 0.230 e. The van der Waals surface area contributed by atoms with Crippen LogP contribution in [0.3, 0.4) is 0 Å². The van der Waals surface area contributed by atoms with Crippen LogP contribution in [-0.2, 0) is 4.79 Å². The molecule has 1 saturated heterocycles. The molecular formula is C17H20N2O2S. The van der Waals surface area contributed by atoms with Crippen molar-refractivity contribution >= 4 is 28.4 Å². The number of amides is 1. The third-order valence-electron chi connectivity index (χ3n) is 3.96. The van der Waals surface area contributed by atoms with Gasteiger partial charge in [0, 0.05) is 30.4 Å². The van der Waals surface area contributed by atoms with Crippen LogP contribution in [-0.4, -0.2) is 42.5 Å². The number of aliphatic hydroxyl groups excluding tert-OH is 1. The van der Waals surface area contributed by atoms with Crippen LogP contribution < -0.4 is 10.6 Å². The predicted molar refractivity (Wildman–Crippen MR) is 90.0 cm³/mol. The molecule has 1 aliphatic heterocycles. The Morgan fingerprint density at radius 3 is 2.82 bits per heavy atom. The van der Waals surface area contributed by atoms with E-state index in [4.69, 9.17) is 0 Å². The van der Waals surface area contributed by atoms with E-state index < -0.39 is 0 Å². The number of nitrogens with one attached hydrogen (secondary N) is 2. The third kappa shape index (κ3) is 3.80. The number of fused-ring (bicyclic) bond motifs is 1. The first-order valence-corrected chi connectivity index (χ1v) is 8.48. The summed E-state index contributed by atoms with van der Waals surface area (Å²) >= 11 is 1.54. The number of benzene rings is 2. The summed E-state index contributed by atoms with van der Waals surface area (Å²) < 4.78 is 0. The lowest BCUT2D eigenvalue weighted by Gasteiger charge is -2.14. The molecule has 1 fully saturated rings. The normalized spacial score (nSPS) is 21.1. The van der Waals surface area contributed by atoms with E-state index in [0.29, 0.717) is 18.8 Å². The second-order valence-electron chi connectivity index (χ2n) is 5.59. The van der Waals surface area contributed by atoms with Crippen molar-refractivity contribution in [2.24, 2.45) is 5.92 Å². The topological polar surface area (TPSA) is 61.4 Å². The Balaban J connectivity index is 1.49. The number of thioether (sulfide) groups is 1. The van der Waals surface area contributed by atoms with Gasteiger partial charge in [-0.2, -0.15) is 0 Å². The molecule has 1 aliphatic rings. The minimum atomic E-state index is -0.353. The summed E-state index contributed by atoms with van der Waals surface area (Å²) in [5, 5.41) is 18.1. The van der Waals surface area contributed by atoms with Gasteiger partial charge in [0.15, 0.2) is 0 Å². The molecule has 0 saturated carbocycles. The molecule has 1 amide bonds. The average molecular weight is 316 g/mol. The Morgan fingerprint density at radius 2 is 2.05 bits per heavy atom. The number of β-amino-alcohol motifs (C(OH)–C–C–N with tert-alkyl or cyclic N) is 1. The Morgan fingerprint density at radius 1 is 1.23 bits per heavy atom. The van der Waals surface area contributed by atoms with Crippen molar-refractivity contribution in [3.05, 3.63) is 42.5 Å². The van der Waals surface area contributed by atoms with Crippen LogP contribution in [0.4, 0.5) is 0 Å². The van der Waals surface area contributed by atoms with Crippen molar-refractivity contribution in [3.63, 3.8) is 0 Å². The van der Waals surface area contributed by atoms with Gasteiger partial charge in [-0.05, 0) is 22.9 Å². The zero-order chi connectivity index (χ0) is 15.4. The van der Waals surface area contributed by atoms with Crippen LogP contribution in [0, 0.1) is 5.92 Å². The standard InChI is InChI=1S/C17H20N2O2S/c20-16-10-18-8-14(16)9-19-17(21)11-22-15-6-5-12-3-1-2-4-13(12)7-15/h1-7,14,16,18,20H,8-11H2,(H,19,21). The van der Waals surface area contributed by atoms with Crippen molar-refractivity contribution in [1.29, 1.82) is 0 Å². The molecule has 0 spiro atoms. The summed E-state index contributed by atoms with van der Waals surface area (Å²) in [6.07, 6.45) is -0.353. The van der Waals surface area contributed by atoms with E-state index in [-0.39, 0.29) is 17.9 Å². The fourth-order valence-corrected chi connectivity index (χ4v) is 3.40. The van der Waals surface area contributed by atoms with Gasteiger partial charge >= 0.3 is 0 Å². The van der Waals surface area contributed by atoms with Gasteiger partial charge in [-0.25, -0.2) is 0 Å². The van der Waals surface area contributed by atoms with Gasteiger partial charge in [0.25, 0.3) is 0 Å². The molecular weight excluding hydrogens is 296 g/mol.